The summed E-state index contributed by atoms with van der Waals surface area (Å²) in [7, 11) is 2.05. The molecule has 25 heavy (non-hydrogen) atoms. The summed E-state index contributed by atoms with van der Waals surface area (Å²) >= 11 is 0. The lowest BCUT2D eigenvalue weighted by atomic mass is 10.1. The summed E-state index contributed by atoms with van der Waals surface area (Å²) in [4.78, 5) is 19.5. The van der Waals surface area contributed by atoms with E-state index in [1.165, 1.54) is 5.69 Å². The van der Waals surface area contributed by atoms with Crippen LogP contribution in [0.25, 0.3) is 5.65 Å². The third kappa shape index (κ3) is 2.99. The number of fused-ring (bicyclic) bond motifs is 1. The highest BCUT2D eigenvalue weighted by Crippen LogP contribution is 2.25. The van der Waals surface area contributed by atoms with Crippen LogP contribution in [0.3, 0.4) is 0 Å². The summed E-state index contributed by atoms with van der Waals surface area (Å²) in [5.74, 6) is 0. The number of morpholine rings is 1. The summed E-state index contributed by atoms with van der Waals surface area (Å²) in [6.07, 6.45) is 3.81. The van der Waals surface area contributed by atoms with Crippen molar-refractivity contribution >= 4 is 5.65 Å². The SMILES string of the molecule is Cc1cccn2c(=O)cc(CN3CCOCC3c3cccn3C)nc12. The van der Waals surface area contributed by atoms with Gasteiger partial charge >= 0.3 is 0 Å². The minimum absolute atomic E-state index is 0.0348. The number of rotatable bonds is 3. The second-order valence-electron chi connectivity index (χ2n) is 6.58. The zero-order chi connectivity index (χ0) is 17.4. The molecule has 0 spiro atoms. The number of ether oxygens (including phenoxy) is 1. The normalized spacial score (nSPS) is 18.7. The Morgan fingerprint density at radius 2 is 2.12 bits per heavy atom. The van der Waals surface area contributed by atoms with Gasteiger partial charge in [-0.3, -0.25) is 14.1 Å². The third-order valence-corrected chi connectivity index (χ3v) is 4.87. The standard InChI is InChI=1S/C19H22N4O2/c1-14-5-3-8-23-18(24)11-15(20-19(14)23)12-22-9-10-25-13-17(22)16-6-4-7-21(16)2/h3-8,11,17H,9-10,12-13H2,1-2H3. The third-order valence-electron chi connectivity index (χ3n) is 4.87. The molecule has 0 amide bonds. The minimum atomic E-state index is -0.0348. The zero-order valence-electron chi connectivity index (χ0n) is 14.6. The molecule has 6 nitrogen and oxygen atoms in total. The van der Waals surface area contributed by atoms with Crippen LogP contribution in [0.5, 0.6) is 0 Å². The molecule has 4 rings (SSSR count). The Morgan fingerprint density at radius 3 is 2.92 bits per heavy atom. The molecule has 6 heteroatoms. The smallest absolute Gasteiger partial charge is 0.258 e. The van der Waals surface area contributed by atoms with Crippen LogP contribution in [0.4, 0.5) is 0 Å². The van der Waals surface area contributed by atoms with Gasteiger partial charge in [0.2, 0.25) is 0 Å². The van der Waals surface area contributed by atoms with Crippen molar-refractivity contribution in [3.63, 3.8) is 0 Å². The van der Waals surface area contributed by atoms with Crippen molar-refractivity contribution in [2.45, 2.75) is 19.5 Å². The fourth-order valence-corrected chi connectivity index (χ4v) is 3.52. The molecule has 0 aromatic carbocycles. The minimum Gasteiger partial charge on any atom is -0.378 e. The highest BCUT2D eigenvalue weighted by atomic mass is 16.5. The van der Waals surface area contributed by atoms with E-state index in [0.29, 0.717) is 19.8 Å². The van der Waals surface area contributed by atoms with Crippen molar-refractivity contribution in [3.8, 4) is 0 Å². The van der Waals surface area contributed by atoms with Gasteiger partial charge in [0.05, 0.1) is 24.9 Å². The molecule has 3 aromatic rings. The van der Waals surface area contributed by atoms with Gasteiger partial charge in [0.15, 0.2) is 0 Å². The van der Waals surface area contributed by atoms with E-state index in [0.717, 1.165) is 23.4 Å². The first-order chi connectivity index (χ1) is 12.1. The van der Waals surface area contributed by atoms with E-state index in [2.05, 4.69) is 15.5 Å². The van der Waals surface area contributed by atoms with Crippen molar-refractivity contribution in [1.29, 1.82) is 0 Å². The zero-order valence-corrected chi connectivity index (χ0v) is 14.6. The van der Waals surface area contributed by atoms with E-state index in [1.54, 1.807) is 16.7 Å². The number of nitrogens with zero attached hydrogens (tertiary/aromatic N) is 4. The fraction of sp³-hybridized carbons (Fsp3) is 0.368. The first kappa shape index (κ1) is 16.1. The maximum Gasteiger partial charge on any atom is 0.258 e. The van der Waals surface area contributed by atoms with Crippen molar-refractivity contribution < 1.29 is 4.74 Å². The molecule has 0 aliphatic carbocycles. The molecule has 1 unspecified atom stereocenters. The fourth-order valence-electron chi connectivity index (χ4n) is 3.52. The summed E-state index contributed by atoms with van der Waals surface area (Å²) in [6.45, 7) is 4.80. The molecule has 1 atom stereocenters. The Balaban J connectivity index is 1.68. The van der Waals surface area contributed by atoms with Crippen LogP contribution in [0.15, 0.2) is 47.5 Å². The Hall–Kier alpha value is -2.44. The van der Waals surface area contributed by atoms with Crippen molar-refractivity contribution in [2.24, 2.45) is 7.05 Å². The van der Waals surface area contributed by atoms with E-state index in [9.17, 15) is 4.79 Å². The Morgan fingerprint density at radius 1 is 1.28 bits per heavy atom. The van der Waals surface area contributed by atoms with E-state index in [1.807, 2.05) is 38.4 Å². The molecule has 0 bridgehead atoms. The second-order valence-corrected chi connectivity index (χ2v) is 6.58. The van der Waals surface area contributed by atoms with Crippen molar-refractivity contribution in [1.82, 2.24) is 18.9 Å². The molecule has 0 N–H and O–H groups in total. The maximum absolute atomic E-state index is 12.4. The Kier molecular flexibility index (Phi) is 4.15. The Bertz CT molecular complexity index is 959. The van der Waals surface area contributed by atoms with Crippen LogP contribution >= 0.6 is 0 Å². The molecule has 1 fully saturated rings. The highest BCUT2D eigenvalue weighted by Gasteiger charge is 2.26. The van der Waals surface area contributed by atoms with E-state index in [-0.39, 0.29) is 11.6 Å². The number of hydrogen-bond acceptors (Lipinski definition) is 4. The van der Waals surface area contributed by atoms with E-state index in [4.69, 9.17) is 9.72 Å². The Labute approximate surface area is 146 Å². The predicted octanol–water partition coefficient (Wildman–Crippen LogP) is 1.91. The van der Waals surface area contributed by atoms with Gasteiger partial charge in [-0.25, -0.2) is 4.98 Å². The van der Waals surface area contributed by atoms with Crippen LogP contribution in [0.1, 0.15) is 23.0 Å². The molecule has 1 aliphatic heterocycles. The molecular formula is C19H22N4O2. The van der Waals surface area contributed by atoms with Crippen LogP contribution in [-0.4, -0.2) is 38.6 Å². The molecular weight excluding hydrogens is 316 g/mol. The monoisotopic (exact) mass is 338 g/mol. The van der Waals surface area contributed by atoms with Crippen LogP contribution in [-0.2, 0) is 18.3 Å². The van der Waals surface area contributed by atoms with E-state index >= 15 is 0 Å². The first-order valence-corrected chi connectivity index (χ1v) is 8.54. The van der Waals surface area contributed by atoms with Crippen molar-refractivity contribution in [3.05, 3.63) is 70.0 Å². The summed E-state index contributed by atoms with van der Waals surface area (Å²) < 4.78 is 9.43. The van der Waals surface area contributed by atoms with Gasteiger partial charge in [-0.1, -0.05) is 6.07 Å². The second kappa shape index (κ2) is 6.46. The molecule has 1 aliphatic rings. The molecule has 0 saturated carbocycles. The van der Waals surface area contributed by atoms with Gasteiger partial charge in [-0.2, -0.15) is 0 Å². The maximum atomic E-state index is 12.4. The summed E-state index contributed by atoms with van der Waals surface area (Å²) in [6, 6.07) is 9.84. The first-order valence-electron chi connectivity index (χ1n) is 8.54. The number of hydrogen-bond donors (Lipinski definition) is 0. The lowest BCUT2D eigenvalue weighted by Gasteiger charge is -2.35. The van der Waals surface area contributed by atoms with Gasteiger partial charge in [0, 0.05) is 44.3 Å². The highest BCUT2D eigenvalue weighted by molar-refractivity contribution is 5.46. The van der Waals surface area contributed by atoms with Gasteiger partial charge < -0.3 is 9.30 Å². The number of pyridine rings is 1. The predicted molar refractivity (Wildman–Crippen MR) is 95.6 cm³/mol. The quantitative estimate of drug-likeness (QED) is 0.732. The molecule has 0 radical (unpaired) electrons. The van der Waals surface area contributed by atoms with Gasteiger partial charge in [-0.15, -0.1) is 0 Å². The average molecular weight is 338 g/mol. The van der Waals surface area contributed by atoms with Crippen LogP contribution < -0.4 is 5.56 Å². The van der Waals surface area contributed by atoms with Crippen molar-refractivity contribution in [2.75, 3.05) is 19.8 Å². The summed E-state index contributed by atoms with van der Waals surface area (Å²) in [5.41, 5.74) is 3.72. The largest absolute Gasteiger partial charge is 0.378 e. The average Bonchev–Trinajstić information content (AvgIpc) is 3.02. The number of aryl methyl sites for hydroxylation is 2. The molecule has 3 aromatic heterocycles. The van der Waals surface area contributed by atoms with E-state index < -0.39 is 0 Å². The lowest BCUT2D eigenvalue weighted by Crippen LogP contribution is -2.40. The molecule has 4 heterocycles. The van der Waals surface area contributed by atoms with Crippen LogP contribution in [0.2, 0.25) is 0 Å². The van der Waals surface area contributed by atoms with Gasteiger partial charge in [-0.05, 0) is 30.7 Å². The lowest BCUT2D eigenvalue weighted by molar-refractivity contribution is -0.0157. The molecule has 1 saturated heterocycles. The van der Waals surface area contributed by atoms with Gasteiger partial charge in [0.25, 0.3) is 5.56 Å². The molecule has 130 valence electrons. The topological polar surface area (TPSA) is 51.8 Å². The van der Waals surface area contributed by atoms with Crippen LogP contribution in [0, 0.1) is 6.92 Å². The summed E-state index contributed by atoms with van der Waals surface area (Å²) in [5, 5.41) is 0. The number of aromatic nitrogens is 3. The van der Waals surface area contributed by atoms with Gasteiger partial charge in [0.1, 0.15) is 5.65 Å².